The molecular weight excluding hydrogens is 258 g/mol. The van der Waals surface area contributed by atoms with Crippen molar-refractivity contribution >= 4 is 5.69 Å². The minimum absolute atomic E-state index is 0.492. The molecule has 0 aromatic carbocycles. The number of anilines is 1. The van der Waals surface area contributed by atoms with Crippen LogP contribution in [0.5, 0.6) is 0 Å². The van der Waals surface area contributed by atoms with Crippen LogP contribution < -0.4 is 10.2 Å². The Bertz CT molecular complexity index is 413. The summed E-state index contributed by atoms with van der Waals surface area (Å²) in [7, 11) is 0. The van der Waals surface area contributed by atoms with Crippen LogP contribution in [0, 0.1) is 6.92 Å². The van der Waals surface area contributed by atoms with Crippen LogP contribution in [-0.2, 0) is 6.54 Å². The lowest BCUT2D eigenvalue weighted by Gasteiger charge is -2.31. The van der Waals surface area contributed by atoms with Crippen LogP contribution in [0.2, 0.25) is 0 Å². The third-order valence-corrected chi connectivity index (χ3v) is 3.73. The number of nitrogens with zero attached hydrogens (tertiary/aromatic N) is 2. The Labute approximate surface area is 131 Å². The molecule has 3 nitrogen and oxygen atoms in total. The molecule has 0 radical (unpaired) electrons. The highest BCUT2D eigenvalue weighted by Crippen LogP contribution is 2.24. The van der Waals surface area contributed by atoms with Gasteiger partial charge in [0.2, 0.25) is 0 Å². The van der Waals surface area contributed by atoms with Gasteiger partial charge in [0.25, 0.3) is 0 Å². The molecule has 0 aliphatic rings. The van der Waals surface area contributed by atoms with E-state index in [4.69, 9.17) is 0 Å². The second-order valence-electron chi connectivity index (χ2n) is 6.48. The van der Waals surface area contributed by atoms with Crippen molar-refractivity contribution in [2.75, 3.05) is 11.4 Å². The number of aromatic nitrogens is 1. The lowest BCUT2D eigenvalue weighted by atomic mass is 10.1. The van der Waals surface area contributed by atoms with Gasteiger partial charge in [0, 0.05) is 48.3 Å². The highest BCUT2D eigenvalue weighted by atomic mass is 15.2. The molecule has 0 saturated heterocycles. The van der Waals surface area contributed by atoms with Crippen LogP contribution in [-0.4, -0.2) is 23.6 Å². The minimum Gasteiger partial charge on any atom is -0.369 e. The molecular formula is C18H33N3. The summed E-state index contributed by atoms with van der Waals surface area (Å²) in [5.41, 5.74) is 3.75. The zero-order chi connectivity index (χ0) is 15.8. The number of hydrogen-bond acceptors (Lipinski definition) is 3. The zero-order valence-electron chi connectivity index (χ0n) is 14.7. The summed E-state index contributed by atoms with van der Waals surface area (Å²) in [5.74, 6) is 0. The number of hydrogen-bond donors (Lipinski definition) is 1. The van der Waals surface area contributed by atoms with E-state index in [1.54, 1.807) is 0 Å². The fourth-order valence-electron chi connectivity index (χ4n) is 2.48. The van der Waals surface area contributed by atoms with Crippen LogP contribution in [0.4, 0.5) is 5.69 Å². The Balaban J connectivity index is 2.95. The third kappa shape index (κ3) is 6.04. The first-order valence-electron chi connectivity index (χ1n) is 8.41. The maximum atomic E-state index is 4.49. The van der Waals surface area contributed by atoms with E-state index in [-0.39, 0.29) is 0 Å². The first kappa shape index (κ1) is 18.0. The van der Waals surface area contributed by atoms with Crippen molar-refractivity contribution in [2.24, 2.45) is 0 Å². The van der Waals surface area contributed by atoms with Crippen molar-refractivity contribution in [3.8, 4) is 0 Å². The molecule has 0 atom stereocenters. The molecule has 0 unspecified atom stereocenters. The quantitative estimate of drug-likeness (QED) is 0.688. The standard InChI is InChI=1S/C18H33N3/c1-7-8-9-10-21(15(4)5)18-11-16(6)20-13-17(18)12-19-14(2)3/h11,13-15,19H,7-10,12H2,1-6H3. The van der Waals surface area contributed by atoms with E-state index in [9.17, 15) is 0 Å². The monoisotopic (exact) mass is 291 g/mol. The molecule has 0 bridgehead atoms. The van der Waals surface area contributed by atoms with E-state index in [0.29, 0.717) is 12.1 Å². The van der Waals surface area contributed by atoms with Gasteiger partial charge < -0.3 is 10.2 Å². The highest BCUT2D eigenvalue weighted by Gasteiger charge is 2.15. The second-order valence-corrected chi connectivity index (χ2v) is 6.48. The van der Waals surface area contributed by atoms with Gasteiger partial charge in [-0.05, 0) is 33.3 Å². The number of aryl methyl sites for hydroxylation is 1. The summed E-state index contributed by atoms with van der Waals surface area (Å²) >= 11 is 0. The van der Waals surface area contributed by atoms with Gasteiger partial charge in [0.15, 0.2) is 0 Å². The lowest BCUT2D eigenvalue weighted by molar-refractivity contribution is 0.580. The van der Waals surface area contributed by atoms with Gasteiger partial charge in [-0.1, -0.05) is 33.6 Å². The van der Waals surface area contributed by atoms with Crippen molar-refractivity contribution in [3.05, 3.63) is 23.5 Å². The second kappa shape index (κ2) is 9.04. The van der Waals surface area contributed by atoms with Crippen LogP contribution in [0.15, 0.2) is 12.3 Å². The van der Waals surface area contributed by atoms with Crippen molar-refractivity contribution < 1.29 is 0 Å². The molecule has 0 saturated carbocycles. The fraction of sp³-hybridized carbons (Fsp3) is 0.722. The van der Waals surface area contributed by atoms with Crippen molar-refractivity contribution in [1.82, 2.24) is 10.3 Å². The number of rotatable bonds is 9. The Morgan fingerprint density at radius 2 is 1.90 bits per heavy atom. The van der Waals surface area contributed by atoms with Gasteiger partial charge in [-0.3, -0.25) is 4.98 Å². The van der Waals surface area contributed by atoms with E-state index in [0.717, 1.165) is 18.8 Å². The molecule has 0 aliphatic carbocycles. The van der Waals surface area contributed by atoms with Crippen molar-refractivity contribution in [1.29, 1.82) is 0 Å². The number of nitrogens with one attached hydrogen (secondary N) is 1. The Morgan fingerprint density at radius 3 is 2.48 bits per heavy atom. The Morgan fingerprint density at radius 1 is 1.19 bits per heavy atom. The summed E-state index contributed by atoms with van der Waals surface area (Å²) < 4.78 is 0. The van der Waals surface area contributed by atoms with E-state index in [1.165, 1.54) is 30.5 Å². The highest BCUT2D eigenvalue weighted by molar-refractivity contribution is 5.54. The average Bonchev–Trinajstić information content (AvgIpc) is 2.41. The summed E-state index contributed by atoms with van der Waals surface area (Å²) in [5, 5.41) is 3.52. The van der Waals surface area contributed by atoms with E-state index in [2.05, 4.69) is 62.8 Å². The molecule has 1 rings (SSSR count). The maximum absolute atomic E-state index is 4.49. The maximum Gasteiger partial charge on any atom is 0.0447 e. The van der Waals surface area contributed by atoms with Gasteiger partial charge in [0.1, 0.15) is 0 Å². The van der Waals surface area contributed by atoms with E-state index < -0.39 is 0 Å². The first-order chi connectivity index (χ1) is 9.95. The summed E-state index contributed by atoms with van der Waals surface area (Å²) in [4.78, 5) is 7.02. The topological polar surface area (TPSA) is 28.2 Å². The zero-order valence-corrected chi connectivity index (χ0v) is 14.7. The van der Waals surface area contributed by atoms with Gasteiger partial charge in [0.05, 0.1) is 0 Å². The lowest BCUT2D eigenvalue weighted by Crippen LogP contribution is -2.33. The molecule has 1 aromatic rings. The molecule has 120 valence electrons. The number of pyridine rings is 1. The van der Waals surface area contributed by atoms with Gasteiger partial charge >= 0.3 is 0 Å². The first-order valence-corrected chi connectivity index (χ1v) is 8.41. The SMILES string of the molecule is CCCCCN(c1cc(C)ncc1CNC(C)C)C(C)C. The minimum atomic E-state index is 0.492. The summed E-state index contributed by atoms with van der Waals surface area (Å²) in [6.07, 6.45) is 5.86. The third-order valence-electron chi connectivity index (χ3n) is 3.73. The van der Waals surface area contributed by atoms with E-state index in [1.807, 2.05) is 6.20 Å². The molecule has 1 N–H and O–H groups in total. The molecule has 0 amide bonds. The van der Waals surface area contributed by atoms with Crippen LogP contribution in [0.3, 0.4) is 0 Å². The molecule has 3 heteroatoms. The molecule has 1 aromatic heterocycles. The van der Waals surface area contributed by atoms with Crippen LogP contribution in [0.25, 0.3) is 0 Å². The predicted molar refractivity (Wildman–Crippen MR) is 93.0 cm³/mol. The molecule has 21 heavy (non-hydrogen) atoms. The average molecular weight is 291 g/mol. The largest absolute Gasteiger partial charge is 0.369 e. The summed E-state index contributed by atoms with van der Waals surface area (Å²) in [6.45, 7) is 15.3. The Kier molecular flexibility index (Phi) is 7.73. The smallest absolute Gasteiger partial charge is 0.0447 e. The van der Waals surface area contributed by atoms with Gasteiger partial charge in [-0.25, -0.2) is 0 Å². The number of unbranched alkanes of at least 4 members (excludes halogenated alkanes) is 2. The molecule has 0 fully saturated rings. The predicted octanol–water partition coefficient (Wildman–Crippen LogP) is 4.29. The van der Waals surface area contributed by atoms with Gasteiger partial charge in [-0.2, -0.15) is 0 Å². The van der Waals surface area contributed by atoms with E-state index >= 15 is 0 Å². The van der Waals surface area contributed by atoms with Crippen molar-refractivity contribution in [2.45, 2.75) is 79.4 Å². The normalized spacial score (nSPS) is 11.4. The Hall–Kier alpha value is -1.09. The summed E-state index contributed by atoms with van der Waals surface area (Å²) in [6, 6.07) is 3.25. The molecule has 0 spiro atoms. The van der Waals surface area contributed by atoms with Crippen LogP contribution >= 0.6 is 0 Å². The van der Waals surface area contributed by atoms with Crippen molar-refractivity contribution in [3.63, 3.8) is 0 Å². The molecule has 1 heterocycles. The fourth-order valence-corrected chi connectivity index (χ4v) is 2.48. The van der Waals surface area contributed by atoms with Crippen LogP contribution in [0.1, 0.15) is 65.1 Å². The molecule has 0 aliphatic heterocycles. The van der Waals surface area contributed by atoms with Gasteiger partial charge in [-0.15, -0.1) is 0 Å².